The van der Waals surface area contributed by atoms with Crippen LogP contribution in [0.4, 0.5) is 0 Å². The van der Waals surface area contributed by atoms with E-state index in [0.717, 1.165) is 0 Å². The summed E-state index contributed by atoms with van der Waals surface area (Å²) in [4.78, 5) is 0. The van der Waals surface area contributed by atoms with Crippen LogP contribution in [0.5, 0.6) is 5.75 Å². The Hall–Kier alpha value is 0.180. The van der Waals surface area contributed by atoms with Gasteiger partial charge in [-0.3, -0.25) is 0 Å². The largest absolute Gasteiger partial charge is 0.491 e. The van der Waals surface area contributed by atoms with Crippen LogP contribution in [0.25, 0.3) is 0 Å². The fourth-order valence-corrected chi connectivity index (χ4v) is 1.72. The lowest BCUT2D eigenvalue weighted by Gasteiger charge is -2.09. The molecule has 0 saturated carbocycles. The van der Waals surface area contributed by atoms with E-state index in [9.17, 15) is 0 Å². The Kier molecular flexibility index (Phi) is 3.99. The SMILES string of the molecule is CCOc1c(Cl)c(Cl)cc(Cl)c1Cl. The van der Waals surface area contributed by atoms with Gasteiger partial charge in [-0.2, -0.15) is 0 Å². The van der Waals surface area contributed by atoms with Crippen LogP contribution in [0.2, 0.25) is 20.1 Å². The second-order valence-corrected chi connectivity index (χ2v) is 3.80. The second-order valence-electron chi connectivity index (χ2n) is 2.23. The summed E-state index contributed by atoms with van der Waals surface area (Å²) in [5.41, 5.74) is 0. The number of hydrogen-bond acceptors (Lipinski definition) is 1. The van der Waals surface area contributed by atoms with E-state index in [0.29, 0.717) is 22.4 Å². The van der Waals surface area contributed by atoms with Crippen LogP contribution in [0.15, 0.2) is 6.07 Å². The van der Waals surface area contributed by atoms with Crippen molar-refractivity contribution in [1.29, 1.82) is 0 Å². The van der Waals surface area contributed by atoms with Gasteiger partial charge in [-0.15, -0.1) is 0 Å². The van der Waals surface area contributed by atoms with E-state index in [1.54, 1.807) is 0 Å². The zero-order chi connectivity index (χ0) is 10.0. The predicted molar refractivity (Wildman–Crippen MR) is 57.7 cm³/mol. The van der Waals surface area contributed by atoms with Gasteiger partial charge in [0.2, 0.25) is 0 Å². The van der Waals surface area contributed by atoms with Gasteiger partial charge >= 0.3 is 0 Å². The van der Waals surface area contributed by atoms with Gasteiger partial charge in [0.15, 0.2) is 5.75 Å². The van der Waals surface area contributed by atoms with E-state index in [-0.39, 0.29) is 10.0 Å². The molecule has 0 saturated heterocycles. The molecule has 0 aliphatic rings. The molecule has 0 bridgehead atoms. The Bertz CT molecular complexity index is 298. The van der Waals surface area contributed by atoms with Gasteiger partial charge in [0.25, 0.3) is 0 Å². The van der Waals surface area contributed by atoms with Gasteiger partial charge in [-0.25, -0.2) is 0 Å². The molecule has 0 N–H and O–H groups in total. The summed E-state index contributed by atoms with van der Waals surface area (Å²) in [6, 6.07) is 1.48. The molecule has 0 unspecified atom stereocenters. The molecule has 0 aromatic heterocycles. The minimum Gasteiger partial charge on any atom is -0.491 e. The number of ether oxygens (including phenoxy) is 1. The Morgan fingerprint density at radius 3 is 1.92 bits per heavy atom. The van der Waals surface area contributed by atoms with Crippen LogP contribution in [-0.2, 0) is 0 Å². The Morgan fingerprint density at radius 2 is 1.54 bits per heavy atom. The van der Waals surface area contributed by atoms with Crippen molar-refractivity contribution in [1.82, 2.24) is 0 Å². The summed E-state index contributed by atoms with van der Waals surface area (Å²) >= 11 is 23.2. The van der Waals surface area contributed by atoms with Crippen molar-refractivity contribution in [3.63, 3.8) is 0 Å². The van der Waals surface area contributed by atoms with Crippen LogP contribution < -0.4 is 4.74 Å². The molecular weight excluding hydrogens is 254 g/mol. The normalized spacial score (nSPS) is 10.2. The standard InChI is InChI=1S/C8H6Cl4O/c1-2-13-8-6(11)4(9)3-5(10)7(8)12/h3H,2H2,1H3. The van der Waals surface area contributed by atoms with Gasteiger partial charge in [-0.1, -0.05) is 46.4 Å². The van der Waals surface area contributed by atoms with Crippen molar-refractivity contribution < 1.29 is 4.74 Å². The van der Waals surface area contributed by atoms with Gasteiger partial charge in [0, 0.05) is 0 Å². The van der Waals surface area contributed by atoms with E-state index in [4.69, 9.17) is 51.1 Å². The lowest BCUT2D eigenvalue weighted by atomic mass is 10.3. The molecule has 0 fully saturated rings. The molecule has 0 radical (unpaired) electrons. The molecule has 0 atom stereocenters. The molecule has 1 aromatic rings. The first-order chi connectivity index (χ1) is 6.07. The van der Waals surface area contributed by atoms with Gasteiger partial charge in [0.05, 0.1) is 16.7 Å². The van der Waals surface area contributed by atoms with Crippen LogP contribution in [0, 0.1) is 0 Å². The molecule has 1 rings (SSSR count). The summed E-state index contributed by atoms with van der Waals surface area (Å²) in [5.74, 6) is 0.336. The molecule has 1 aromatic carbocycles. The zero-order valence-corrected chi connectivity index (χ0v) is 9.73. The molecule has 0 amide bonds. The molecule has 72 valence electrons. The van der Waals surface area contributed by atoms with Gasteiger partial charge in [0.1, 0.15) is 10.0 Å². The third-order valence-electron chi connectivity index (χ3n) is 1.36. The van der Waals surface area contributed by atoms with Gasteiger partial charge in [-0.05, 0) is 13.0 Å². The maximum atomic E-state index is 5.85. The van der Waals surface area contributed by atoms with Crippen molar-refractivity contribution in [3.05, 3.63) is 26.2 Å². The predicted octanol–water partition coefficient (Wildman–Crippen LogP) is 4.70. The highest BCUT2D eigenvalue weighted by atomic mass is 35.5. The molecule has 0 aliphatic heterocycles. The summed E-state index contributed by atoms with van der Waals surface area (Å²) in [5, 5.41) is 1.25. The minimum absolute atomic E-state index is 0.290. The monoisotopic (exact) mass is 258 g/mol. The first-order valence-corrected chi connectivity index (χ1v) is 5.05. The first kappa shape index (κ1) is 11.3. The fraction of sp³-hybridized carbons (Fsp3) is 0.250. The Morgan fingerprint density at radius 1 is 1.08 bits per heavy atom. The van der Waals surface area contributed by atoms with E-state index in [1.807, 2.05) is 6.92 Å². The lowest BCUT2D eigenvalue weighted by Crippen LogP contribution is -1.93. The number of halogens is 4. The minimum atomic E-state index is 0.290. The van der Waals surface area contributed by atoms with Gasteiger partial charge < -0.3 is 4.74 Å². The Balaban J connectivity index is 3.28. The molecule has 1 nitrogen and oxygen atoms in total. The van der Waals surface area contributed by atoms with Crippen molar-refractivity contribution >= 4 is 46.4 Å². The smallest absolute Gasteiger partial charge is 0.159 e. The highest BCUT2D eigenvalue weighted by Crippen LogP contribution is 2.42. The molecule has 0 aliphatic carbocycles. The fourth-order valence-electron chi connectivity index (χ4n) is 0.822. The maximum absolute atomic E-state index is 5.85. The number of rotatable bonds is 2. The number of benzene rings is 1. The van der Waals surface area contributed by atoms with E-state index in [2.05, 4.69) is 0 Å². The van der Waals surface area contributed by atoms with Crippen molar-refractivity contribution in [2.75, 3.05) is 6.61 Å². The van der Waals surface area contributed by atoms with E-state index in [1.165, 1.54) is 6.07 Å². The molecule has 5 heteroatoms. The second kappa shape index (κ2) is 4.61. The first-order valence-electron chi connectivity index (χ1n) is 3.53. The molecule has 0 spiro atoms. The molecule has 0 heterocycles. The quantitative estimate of drug-likeness (QED) is 0.700. The van der Waals surface area contributed by atoms with Crippen LogP contribution in [0.1, 0.15) is 6.92 Å². The third-order valence-corrected chi connectivity index (χ3v) is 2.90. The topological polar surface area (TPSA) is 9.23 Å². The third kappa shape index (κ3) is 2.35. The van der Waals surface area contributed by atoms with Crippen LogP contribution >= 0.6 is 46.4 Å². The van der Waals surface area contributed by atoms with Crippen molar-refractivity contribution in [2.45, 2.75) is 6.92 Å². The van der Waals surface area contributed by atoms with E-state index < -0.39 is 0 Å². The Labute approximate surface area is 96.5 Å². The van der Waals surface area contributed by atoms with Crippen LogP contribution in [0.3, 0.4) is 0 Å². The highest BCUT2D eigenvalue weighted by Gasteiger charge is 2.14. The average molecular weight is 260 g/mol. The van der Waals surface area contributed by atoms with E-state index >= 15 is 0 Å². The molecule has 13 heavy (non-hydrogen) atoms. The van der Waals surface area contributed by atoms with Crippen molar-refractivity contribution in [2.24, 2.45) is 0 Å². The number of hydrogen-bond donors (Lipinski definition) is 0. The summed E-state index contributed by atoms with van der Waals surface area (Å²) in [7, 11) is 0. The zero-order valence-electron chi connectivity index (χ0n) is 6.70. The molecular formula is C8H6Cl4O. The van der Waals surface area contributed by atoms with Crippen molar-refractivity contribution in [3.8, 4) is 5.75 Å². The maximum Gasteiger partial charge on any atom is 0.159 e. The average Bonchev–Trinajstić information content (AvgIpc) is 2.09. The summed E-state index contributed by atoms with van der Waals surface area (Å²) in [6.07, 6.45) is 0. The van der Waals surface area contributed by atoms with Crippen LogP contribution in [-0.4, -0.2) is 6.61 Å². The summed E-state index contributed by atoms with van der Waals surface area (Å²) < 4.78 is 5.20. The highest BCUT2D eigenvalue weighted by molar-refractivity contribution is 6.48. The summed E-state index contributed by atoms with van der Waals surface area (Å²) in [6.45, 7) is 2.28. The lowest BCUT2D eigenvalue weighted by molar-refractivity contribution is 0.340.